The molecule has 1 aromatic carbocycles. The third kappa shape index (κ3) is 2.25. The lowest BCUT2D eigenvalue weighted by atomic mass is 9.82. The SMILES string of the molecule is NCc1nnn(-c2ccc(O)c(C(=O)O)c2)c1C1CCC1. The van der Waals surface area contributed by atoms with E-state index in [2.05, 4.69) is 10.3 Å². The smallest absolute Gasteiger partial charge is 0.339 e. The standard InChI is InChI=1S/C14H16N4O3/c15-7-11-13(8-2-1-3-8)18(17-16-11)9-4-5-12(19)10(6-9)14(20)21/h4-6,8,19H,1-3,7,15H2,(H,20,21). The lowest BCUT2D eigenvalue weighted by Gasteiger charge is -2.26. The minimum Gasteiger partial charge on any atom is -0.507 e. The fourth-order valence-electron chi connectivity index (χ4n) is 2.57. The van der Waals surface area contributed by atoms with E-state index in [1.165, 1.54) is 12.1 Å². The summed E-state index contributed by atoms with van der Waals surface area (Å²) < 4.78 is 1.64. The Morgan fingerprint density at radius 3 is 2.76 bits per heavy atom. The number of rotatable bonds is 4. The van der Waals surface area contributed by atoms with E-state index in [-0.39, 0.29) is 11.3 Å². The summed E-state index contributed by atoms with van der Waals surface area (Å²) in [6.07, 6.45) is 3.28. The Morgan fingerprint density at radius 1 is 1.43 bits per heavy atom. The number of nitrogens with two attached hydrogens (primary N) is 1. The quantitative estimate of drug-likeness (QED) is 0.783. The second-order valence-corrected chi connectivity index (χ2v) is 5.17. The lowest BCUT2D eigenvalue weighted by molar-refractivity contribution is 0.0693. The number of carboxylic acid groups (broad SMARTS) is 1. The molecule has 1 aliphatic rings. The fraction of sp³-hybridized carbons (Fsp3) is 0.357. The van der Waals surface area contributed by atoms with Crippen LogP contribution in [0.2, 0.25) is 0 Å². The minimum absolute atomic E-state index is 0.156. The van der Waals surface area contributed by atoms with Crippen molar-refractivity contribution in [2.75, 3.05) is 0 Å². The van der Waals surface area contributed by atoms with Crippen molar-refractivity contribution < 1.29 is 15.0 Å². The molecule has 4 N–H and O–H groups in total. The van der Waals surface area contributed by atoms with Crippen LogP contribution in [-0.2, 0) is 6.54 Å². The minimum atomic E-state index is -1.18. The topological polar surface area (TPSA) is 114 Å². The van der Waals surface area contributed by atoms with Crippen molar-refractivity contribution in [1.82, 2.24) is 15.0 Å². The van der Waals surface area contributed by atoms with Crippen molar-refractivity contribution >= 4 is 5.97 Å². The first-order valence-electron chi connectivity index (χ1n) is 6.83. The van der Waals surface area contributed by atoms with Gasteiger partial charge in [0.25, 0.3) is 0 Å². The Balaban J connectivity index is 2.10. The van der Waals surface area contributed by atoms with E-state index in [0.717, 1.165) is 30.7 Å². The van der Waals surface area contributed by atoms with Crippen LogP contribution >= 0.6 is 0 Å². The first-order chi connectivity index (χ1) is 10.1. The number of aromatic hydroxyl groups is 1. The molecule has 0 bridgehead atoms. The number of carboxylic acids is 1. The van der Waals surface area contributed by atoms with Gasteiger partial charge in [-0.15, -0.1) is 5.10 Å². The van der Waals surface area contributed by atoms with E-state index in [1.54, 1.807) is 10.7 Å². The van der Waals surface area contributed by atoms with Crippen molar-refractivity contribution in [2.24, 2.45) is 5.73 Å². The summed E-state index contributed by atoms with van der Waals surface area (Å²) in [4.78, 5) is 11.1. The lowest BCUT2D eigenvalue weighted by Crippen LogP contribution is -2.17. The summed E-state index contributed by atoms with van der Waals surface area (Å²) in [7, 11) is 0. The Kier molecular flexibility index (Phi) is 3.34. The molecule has 21 heavy (non-hydrogen) atoms. The molecule has 2 aromatic rings. The summed E-state index contributed by atoms with van der Waals surface area (Å²) in [6.45, 7) is 0.301. The molecule has 0 aliphatic heterocycles. The maximum atomic E-state index is 11.1. The maximum Gasteiger partial charge on any atom is 0.339 e. The monoisotopic (exact) mass is 288 g/mol. The highest BCUT2D eigenvalue weighted by atomic mass is 16.4. The number of aromatic carboxylic acids is 1. The Hall–Kier alpha value is -2.41. The molecule has 0 atom stereocenters. The van der Waals surface area contributed by atoms with Crippen LogP contribution in [0.5, 0.6) is 5.75 Å². The molecule has 0 amide bonds. The van der Waals surface area contributed by atoms with Gasteiger partial charge in [-0.25, -0.2) is 9.48 Å². The zero-order valence-corrected chi connectivity index (χ0v) is 11.4. The van der Waals surface area contributed by atoms with Gasteiger partial charge in [-0.3, -0.25) is 0 Å². The van der Waals surface area contributed by atoms with E-state index in [4.69, 9.17) is 10.8 Å². The van der Waals surface area contributed by atoms with E-state index < -0.39 is 5.97 Å². The molecular weight excluding hydrogens is 272 g/mol. The highest BCUT2D eigenvalue weighted by Crippen LogP contribution is 2.38. The van der Waals surface area contributed by atoms with Crippen LogP contribution in [-0.4, -0.2) is 31.2 Å². The molecule has 1 heterocycles. The van der Waals surface area contributed by atoms with E-state index in [9.17, 15) is 9.90 Å². The van der Waals surface area contributed by atoms with Crippen LogP contribution in [0.25, 0.3) is 5.69 Å². The van der Waals surface area contributed by atoms with Crippen molar-refractivity contribution in [2.45, 2.75) is 31.7 Å². The Bertz CT molecular complexity index is 692. The number of aromatic nitrogens is 3. The third-order valence-corrected chi connectivity index (χ3v) is 3.92. The normalized spacial score (nSPS) is 14.9. The van der Waals surface area contributed by atoms with Gasteiger partial charge >= 0.3 is 5.97 Å². The van der Waals surface area contributed by atoms with Crippen molar-refractivity contribution in [3.63, 3.8) is 0 Å². The molecule has 0 spiro atoms. The predicted octanol–water partition coefficient (Wildman–Crippen LogP) is 1.40. The summed E-state index contributed by atoms with van der Waals surface area (Å²) >= 11 is 0. The fourth-order valence-corrected chi connectivity index (χ4v) is 2.57. The summed E-state index contributed by atoms with van der Waals surface area (Å²) in [5, 5.41) is 26.9. The van der Waals surface area contributed by atoms with Gasteiger partial charge in [-0.2, -0.15) is 0 Å². The van der Waals surface area contributed by atoms with Crippen molar-refractivity contribution in [3.8, 4) is 11.4 Å². The predicted molar refractivity (Wildman–Crippen MR) is 74.5 cm³/mol. The van der Waals surface area contributed by atoms with Crippen LogP contribution in [0.15, 0.2) is 18.2 Å². The molecule has 1 saturated carbocycles. The second-order valence-electron chi connectivity index (χ2n) is 5.17. The average molecular weight is 288 g/mol. The molecule has 0 unspecified atom stereocenters. The van der Waals surface area contributed by atoms with Crippen LogP contribution in [0, 0.1) is 0 Å². The molecule has 3 rings (SSSR count). The zero-order valence-electron chi connectivity index (χ0n) is 11.4. The van der Waals surface area contributed by atoms with Crippen molar-refractivity contribution in [3.05, 3.63) is 35.2 Å². The number of carbonyl (C=O) groups is 1. The van der Waals surface area contributed by atoms with E-state index in [1.807, 2.05) is 0 Å². The number of nitrogens with zero attached hydrogens (tertiary/aromatic N) is 3. The Morgan fingerprint density at radius 2 is 2.19 bits per heavy atom. The number of hydrogen-bond acceptors (Lipinski definition) is 5. The molecule has 7 heteroatoms. The van der Waals surface area contributed by atoms with Crippen LogP contribution in [0.3, 0.4) is 0 Å². The first-order valence-corrected chi connectivity index (χ1v) is 6.83. The maximum absolute atomic E-state index is 11.1. The first kappa shape index (κ1) is 13.6. The van der Waals surface area contributed by atoms with E-state index >= 15 is 0 Å². The number of hydrogen-bond donors (Lipinski definition) is 3. The summed E-state index contributed by atoms with van der Waals surface area (Å²) in [6, 6.07) is 4.38. The molecule has 1 aliphatic carbocycles. The van der Waals surface area contributed by atoms with Crippen LogP contribution in [0.1, 0.15) is 46.9 Å². The summed E-state index contributed by atoms with van der Waals surface area (Å²) in [5.74, 6) is -1.09. The zero-order chi connectivity index (χ0) is 15.0. The van der Waals surface area contributed by atoms with E-state index in [0.29, 0.717) is 18.2 Å². The highest BCUT2D eigenvalue weighted by molar-refractivity contribution is 5.91. The number of phenols is 1. The van der Waals surface area contributed by atoms with Gasteiger partial charge in [-0.1, -0.05) is 11.6 Å². The average Bonchev–Trinajstić information content (AvgIpc) is 2.81. The molecule has 110 valence electrons. The highest BCUT2D eigenvalue weighted by Gasteiger charge is 2.28. The van der Waals surface area contributed by atoms with Gasteiger partial charge in [0.15, 0.2) is 0 Å². The van der Waals surface area contributed by atoms with Gasteiger partial charge in [0.1, 0.15) is 17.0 Å². The van der Waals surface area contributed by atoms with Gasteiger partial charge < -0.3 is 15.9 Å². The van der Waals surface area contributed by atoms with Gasteiger partial charge in [0.2, 0.25) is 0 Å². The molecule has 0 saturated heterocycles. The molecular formula is C14H16N4O3. The van der Waals surface area contributed by atoms with Gasteiger partial charge in [-0.05, 0) is 31.0 Å². The number of benzene rings is 1. The van der Waals surface area contributed by atoms with Gasteiger partial charge in [0.05, 0.1) is 11.4 Å². The van der Waals surface area contributed by atoms with Crippen LogP contribution in [0.4, 0.5) is 0 Å². The van der Waals surface area contributed by atoms with Crippen LogP contribution < -0.4 is 5.73 Å². The van der Waals surface area contributed by atoms with Gasteiger partial charge in [0, 0.05) is 12.5 Å². The molecule has 7 nitrogen and oxygen atoms in total. The van der Waals surface area contributed by atoms with Crippen molar-refractivity contribution in [1.29, 1.82) is 0 Å². The molecule has 1 fully saturated rings. The summed E-state index contributed by atoms with van der Waals surface area (Å²) in [5.41, 5.74) is 7.81. The largest absolute Gasteiger partial charge is 0.507 e. The third-order valence-electron chi connectivity index (χ3n) is 3.92. The second kappa shape index (κ2) is 5.17. The Labute approximate surface area is 121 Å². The molecule has 0 radical (unpaired) electrons. The molecule has 1 aromatic heterocycles.